The predicted molar refractivity (Wildman–Crippen MR) is 59.6 cm³/mol. The SMILES string of the molecule is COC(=O)[C@H](CO)Nc1ccc([N+](=O)[O-])cc1. The van der Waals surface area contributed by atoms with E-state index in [1.54, 1.807) is 0 Å². The molecule has 0 saturated heterocycles. The number of aliphatic hydroxyl groups excluding tert-OH is 1. The van der Waals surface area contributed by atoms with Gasteiger partial charge in [0.15, 0.2) is 0 Å². The lowest BCUT2D eigenvalue weighted by Crippen LogP contribution is -2.33. The fourth-order valence-corrected chi connectivity index (χ4v) is 1.20. The van der Waals surface area contributed by atoms with Crippen molar-refractivity contribution in [1.82, 2.24) is 0 Å². The second-order valence-corrected chi connectivity index (χ2v) is 3.21. The van der Waals surface area contributed by atoms with Crippen molar-refractivity contribution in [2.75, 3.05) is 19.0 Å². The van der Waals surface area contributed by atoms with E-state index >= 15 is 0 Å². The summed E-state index contributed by atoms with van der Waals surface area (Å²) in [5.74, 6) is -0.606. The van der Waals surface area contributed by atoms with Gasteiger partial charge in [-0.05, 0) is 12.1 Å². The third-order valence-corrected chi connectivity index (χ3v) is 2.09. The molecule has 1 aromatic carbocycles. The van der Waals surface area contributed by atoms with E-state index in [4.69, 9.17) is 5.11 Å². The van der Waals surface area contributed by atoms with E-state index in [1.165, 1.54) is 31.4 Å². The van der Waals surface area contributed by atoms with Gasteiger partial charge in [-0.3, -0.25) is 10.1 Å². The lowest BCUT2D eigenvalue weighted by atomic mass is 10.2. The monoisotopic (exact) mass is 240 g/mol. The van der Waals surface area contributed by atoms with E-state index in [2.05, 4.69) is 10.1 Å². The number of hydrogen-bond donors (Lipinski definition) is 2. The van der Waals surface area contributed by atoms with E-state index in [9.17, 15) is 14.9 Å². The van der Waals surface area contributed by atoms with Gasteiger partial charge in [-0.15, -0.1) is 0 Å². The number of carbonyl (C=O) groups is 1. The van der Waals surface area contributed by atoms with Crippen LogP contribution in [0, 0.1) is 10.1 Å². The van der Waals surface area contributed by atoms with Gasteiger partial charge in [-0.1, -0.05) is 0 Å². The van der Waals surface area contributed by atoms with Crippen LogP contribution in [0.3, 0.4) is 0 Å². The molecule has 0 aliphatic carbocycles. The Morgan fingerprint density at radius 1 is 1.53 bits per heavy atom. The smallest absolute Gasteiger partial charge is 0.330 e. The Kier molecular flexibility index (Phi) is 4.41. The van der Waals surface area contributed by atoms with E-state index < -0.39 is 23.5 Å². The Morgan fingerprint density at radius 3 is 2.53 bits per heavy atom. The van der Waals surface area contributed by atoms with Gasteiger partial charge < -0.3 is 15.2 Å². The number of aliphatic hydroxyl groups is 1. The predicted octanol–water partition coefficient (Wildman–Crippen LogP) is 0.541. The number of nitrogens with zero attached hydrogens (tertiary/aromatic N) is 1. The van der Waals surface area contributed by atoms with Crippen LogP contribution in [0.15, 0.2) is 24.3 Å². The fourth-order valence-electron chi connectivity index (χ4n) is 1.20. The maximum Gasteiger partial charge on any atom is 0.330 e. The molecule has 0 saturated carbocycles. The van der Waals surface area contributed by atoms with Gasteiger partial charge in [0.05, 0.1) is 18.6 Å². The molecule has 0 unspecified atom stereocenters. The number of nitro benzene ring substituents is 1. The molecule has 0 radical (unpaired) electrons. The van der Waals surface area contributed by atoms with Crippen LogP contribution < -0.4 is 5.32 Å². The summed E-state index contributed by atoms with van der Waals surface area (Å²) in [7, 11) is 1.21. The fraction of sp³-hybridized carbons (Fsp3) is 0.300. The van der Waals surface area contributed by atoms with Crippen molar-refractivity contribution in [2.24, 2.45) is 0 Å². The van der Waals surface area contributed by atoms with Crippen LogP contribution in [-0.2, 0) is 9.53 Å². The molecule has 0 heterocycles. The summed E-state index contributed by atoms with van der Waals surface area (Å²) in [5.41, 5.74) is 0.439. The highest BCUT2D eigenvalue weighted by Crippen LogP contribution is 2.16. The number of nitrogens with one attached hydrogen (secondary N) is 1. The first-order valence-electron chi connectivity index (χ1n) is 4.78. The molecule has 92 valence electrons. The Hall–Kier alpha value is -2.15. The van der Waals surface area contributed by atoms with Crippen LogP contribution in [0.1, 0.15) is 0 Å². The standard InChI is InChI=1S/C10H12N2O5/c1-17-10(14)9(6-13)11-7-2-4-8(5-3-7)12(15)16/h2-5,9,11,13H,6H2,1H3/t9-/m0/s1. The minimum Gasteiger partial charge on any atom is -0.467 e. The summed E-state index contributed by atoms with van der Waals surface area (Å²) in [6.45, 7) is -0.427. The Morgan fingerprint density at radius 2 is 2.12 bits per heavy atom. The number of hydrogen-bond acceptors (Lipinski definition) is 6. The third kappa shape index (κ3) is 3.42. The molecule has 0 spiro atoms. The summed E-state index contributed by atoms with van der Waals surface area (Å²) < 4.78 is 4.47. The molecule has 2 N–H and O–H groups in total. The number of non-ortho nitro benzene ring substituents is 1. The molecule has 7 nitrogen and oxygen atoms in total. The Balaban J connectivity index is 2.74. The first-order chi connectivity index (χ1) is 8.08. The molecule has 7 heteroatoms. The highest BCUT2D eigenvalue weighted by molar-refractivity contribution is 5.79. The molecule has 0 fully saturated rings. The number of ether oxygens (including phenoxy) is 1. The zero-order valence-corrected chi connectivity index (χ0v) is 9.12. The minimum atomic E-state index is -0.888. The summed E-state index contributed by atoms with van der Waals surface area (Å²) >= 11 is 0. The number of carbonyl (C=O) groups excluding carboxylic acids is 1. The van der Waals surface area contributed by atoms with E-state index in [0.29, 0.717) is 5.69 Å². The molecule has 0 amide bonds. The molecule has 0 aliphatic rings. The van der Waals surface area contributed by atoms with Crippen molar-refractivity contribution >= 4 is 17.3 Å². The summed E-state index contributed by atoms with van der Waals surface area (Å²) in [4.78, 5) is 21.1. The van der Waals surface area contributed by atoms with Crippen molar-refractivity contribution in [1.29, 1.82) is 0 Å². The number of nitro groups is 1. The Labute approximate surface area is 97.2 Å². The average molecular weight is 240 g/mol. The summed E-state index contributed by atoms with van der Waals surface area (Å²) in [6.07, 6.45) is 0. The molecular formula is C10H12N2O5. The van der Waals surface area contributed by atoms with Crippen molar-refractivity contribution in [3.63, 3.8) is 0 Å². The second kappa shape index (κ2) is 5.80. The van der Waals surface area contributed by atoms with Gasteiger partial charge >= 0.3 is 5.97 Å². The first kappa shape index (κ1) is 12.9. The molecule has 1 aromatic rings. The normalized spacial score (nSPS) is 11.6. The quantitative estimate of drug-likeness (QED) is 0.442. The number of benzene rings is 1. The van der Waals surface area contributed by atoms with E-state index in [0.717, 1.165) is 0 Å². The van der Waals surface area contributed by atoms with E-state index in [1.807, 2.05) is 0 Å². The first-order valence-corrected chi connectivity index (χ1v) is 4.78. The van der Waals surface area contributed by atoms with Crippen molar-refractivity contribution in [2.45, 2.75) is 6.04 Å². The molecule has 0 aliphatic heterocycles. The number of anilines is 1. The highest BCUT2D eigenvalue weighted by atomic mass is 16.6. The van der Waals surface area contributed by atoms with Crippen LogP contribution in [-0.4, -0.2) is 35.8 Å². The van der Waals surface area contributed by atoms with Crippen molar-refractivity contribution in [3.8, 4) is 0 Å². The molecule has 1 atom stereocenters. The molecule has 0 aromatic heterocycles. The van der Waals surface area contributed by atoms with Gasteiger partial charge in [0.25, 0.3) is 5.69 Å². The third-order valence-electron chi connectivity index (χ3n) is 2.09. The van der Waals surface area contributed by atoms with Gasteiger partial charge in [0.1, 0.15) is 6.04 Å². The van der Waals surface area contributed by atoms with Crippen LogP contribution in [0.2, 0.25) is 0 Å². The summed E-state index contributed by atoms with van der Waals surface area (Å²) in [5, 5.41) is 22.1. The topological polar surface area (TPSA) is 102 Å². The maximum absolute atomic E-state index is 11.2. The summed E-state index contributed by atoms with van der Waals surface area (Å²) in [6, 6.07) is 4.61. The lowest BCUT2D eigenvalue weighted by Gasteiger charge is -2.14. The zero-order chi connectivity index (χ0) is 12.8. The van der Waals surface area contributed by atoms with Crippen molar-refractivity contribution < 1.29 is 19.6 Å². The van der Waals surface area contributed by atoms with Gasteiger partial charge in [0.2, 0.25) is 0 Å². The van der Waals surface area contributed by atoms with Crippen LogP contribution in [0.5, 0.6) is 0 Å². The van der Waals surface area contributed by atoms with Gasteiger partial charge in [-0.2, -0.15) is 0 Å². The van der Waals surface area contributed by atoms with Gasteiger partial charge in [0, 0.05) is 17.8 Å². The molecular weight excluding hydrogens is 228 g/mol. The maximum atomic E-state index is 11.2. The zero-order valence-electron chi connectivity index (χ0n) is 9.12. The largest absolute Gasteiger partial charge is 0.467 e. The van der Waals surface area contributed by atoms with Crippen molar-refractivity contribution in [3.05, 3.63) is 34.4 Å². The average Bonchev–Trinajstić information content (AvgIpc) is 2.35. The molecule has 17 heavy (non-hydrogen) atoms. The Bertz CT molecular complexity index is 404. The van der Waals surface area contributed by atoms with Crippen LogP contribution in [0.25, 0.3) is 0 Å². The number of methoxy groups -OCH3 is 1. The molecule has 0 bridgehead atoms. The number of rotatable bonds is 5. The van der Waals surface area contributed by atoms with Gasteiger partial charge in [-0.25, -0.2) is 4.79 Å². The van der Waals surface area contributed by atoms with E-state index in [-0.39, 0.29) is 5.69 Å². The number of esters is 1. The molecule has 1 rings (SSSR count). The minimum absolute atomic E-state index is 0.0471. The lowest BCUT2D eigenvalue weighted by molar-refractivity contribution is -0.384. The highest BCUT2D eigenvalue weighted by Gasteiger charge is 2.17. The van der Waals surface area contributed by atoms with Crippen LogP contribution >= 0.6 is 0 Å². The van der Waals surface area contributed by atoms with Crippen LogP contribution in [0.4, 0.5) is 11.4 Å². The second-order valence-electron chi connectivity index (χ2n) is 3.21.